The molecule has 4 heterocycles. The first-order chi connectivity index (χ1) is 58.4. The van der Waals surface area contributed by atoms with Crippen molar-refractivity contribution in [3.63, 3.8) is 0 Å². The van der Waals surface area contributed by atoms with Crippen LogP contribution in [0.2, 0.25) is 5.15 Å². The van der Waals surface area contributed by atoms with E-state index in [0.29, 0.717) is 111 Å². The predicted molar refractivity (Wildman–Crippen MR) is 473 cm³/mol. The molecule has 0 fully saturated rings. The Balaban J connectivity index is 0.000000183. The topological polar surface area (TPSA) is 247 Å². The quantitative estimate of drug-likeness (QED) is 0.0240. The number of hydrogen-bond acceptors (Lipinski definition) is 17. The second-order valence-corrected chi connectivity index (χ2v) is 28.1. The normalized spacial score (nSPS) is 10.5. The molecule has 0 aliphatic heterocycles. The molecule has 8 aromatic carbocycles. The van der Waals surface area contributed by atoms with E-state index in [4.69, 9.17) is 35.3 Å². The molecule has 0 radical (unpaired) electrons. The van der Waals surface area contributed by atoms with Gasteiger partial charge in [-0.2, -0.15) is 4.39 Å². The molecule has 12 aromatic rings. The molecule has 0 spiro atoms. The van der Waals surface area contributed by atoms with Crippen LogP contribution in [0.4, 0.5) is 46.3 Å². The molecule has 21 nitrogen and oxygen atoms in total. The number of anilines is 4. The number of ketones is 4. The van der Waals surface area contributed by atoms with E-state index >= 15 is 0 Å². The lowest BCUT2D eigenvalue weighted by Crippen LogP contribution is -2.26. The summed E-state index contributed by atoms with van der Waals surface area (Å²) in [6.07, 6.45) is 9.09. The van der Waals surface area contributed by atoms with Crippen molar-refractivity contribution in [2.75, 3.05) is 81.3 Å². The van der Waals surface area contributed by atoms with Crippen molar-refractivity contribution in [2.45, 2.75) is 86.0 Å². The summed E-state index contributed by atoms with van der Waals surface area (Å²) >= 11 is 5.79. The van der Waals surface area contributed by atoms with Crippen molar-refractivity contribution in [3.8, 4) is 50.4 Å². The number of carbonyl (C=O) groups excluding carboxylic acids is 8. The Labute approximate surface area is 710 Å². The maximum Gasteiger partial charge on any atom is 0.413 e. The van der Waals surface area contributed by atoms with Gasteiger partial charge in [-0.3, -0.25) is 43.8 Å². The third kappa shape index (κ3) is 27.4. The zero-order valence-corrected chi connectivity index (χ0v) is 70.3. The standard InChI is InChI=1S/C25H26N2O4.C25H26N2O3.C24H23ClN2O3.C24H23FN2O3/c1-4-31-25(29)27(2)22-14-11-19(12-15-22)18-7-9-20(10-8-18)23(28)16-13-21-6-5-17-26-24(21)30-3;1-4-30-25(29)27(3)23-14-12-21(13-15-23)20-8-10-22(11-9-20)24(28)16-7-19-6-5-18(2)26-17-19;2*1-3-30-24(29)27(2)21-12-10-19(11-13-21)18-6-8-20(9-7-18)22(28)14-4-17-5-15-23(25)26-16-17/h5-12,14-15,17H,4,13,16H2,1-3H3;5-6,8-15,17H,4,7,16H2,1-3H3;2*5-13,15-16H,3-4,14H2,1-2H3. The Morgan fingerprint density at radius 1 is 0.331 bits per heavy atom. The number of hydrogen-bond donors (Lipinski definition) is 0. The molecule has 0 N–H and O–H groups in total. The average Bonchev–Trinajstić information content (AvgIpc) is 0.842. The van der Waals surface area contributed by atoms with Gasteiger partial charge in [0.1, 0.15) is 5.15 Å². The minimum atomic E-state index is -0.527. The average molecular weight is 1650 g/mol. The van der Waals surface area contributed by atoms with Crippen LogP contribution in [-0.4, -0.2) is 129 Å². The summed E-state index contributed by atoms with van der Waals surface area (Å²) in [5.41, 5.74) is 18.4. The fourth-order valence-electron chi connectivity index (χ4n) is 12.4. The monoisotopic (exact) mass is 1650 g/mol. The number of halogens is 2. The van der Waals surface area contributed by atoms with E-state index in [-0.39, 0.29) is 41.4 Å². The molecule has 0 bridgehead atoms. The summed E-state index contributed by atoms with van der Waals surface area (Å²) in [5, 5.41) is 0.446. The highest BCUT2D eigenvalue weighted by molar-refractivity contribution is 6.29. The molecule has 4 amide bonds. The Hall–Kier alpha value is -13.9. The van der Waals surface area contributed by atoms with E-state index in [1.54, 1.807) is 99.7 Å². The van der Waals surface area contributed by atoms with Gasteiger partial charge in [0.25, 0.3) is 0 Å². The molecule has 4 aromatic heterocycles. The van der Waals surface area contributed by atoms with Gasteiger partial charge in [-0.15, -0.1) is 0 Å². The Bertz CT molecular complexity index is 4980. The number of benzene rings is 8. The van der Waals surface area contributed by atoms with Crippen LogP contribution in [0.25, 0.3) is 44.5 Å². The largest absolute Gasteiger partial charge is 0.481 e. The lowest BCUT2D eigenvalue weighted by molar-refractivity contribution is 0.0974. The summed E-state index contributed by atoms with van der Waals surface area (Å²) in [4.78, 5) is 119. The van der Waals surface area contributed by atoms with Gasteiger partial charge < -0.3 is 23.7 Å². The van der Waals surface area contributed by atoms with Crippen molar-refractivity contribution in [3.05, 3.63) is 329 Å². The number of aryl methyl sites for hydroxylation is 5. The van der Waals surface area contributed by atoms with Gasteiger partial charge >= 0.3 is 24.4 Å². The van der Waals surface area contributed by atoms with Gasteiger partial charge in [-0.25, -0.2) is 34.1 Å². The SMILES string of the molecule is CCOC(=O)N(C)c1ccc(-c2ccc(C(=O)CCc3ccc(C)nc3)cc2)cc1.CCOC(=O)N(C)c1ccc(-c2ccc(C(=O)CCc3ccc(Cl)nc3)cc2)cc1.CCOC(=O)N(C)c1ccc(-c2ccc(C(=O)CCc3ccc(F)nc3)cc2)cc1.CCOC(=O)N(C)c1ccc(-c2ccc(C(=O)CCc3cccnc3OC)cc2)cc1. The number of Topliss-reactive ketones (excluding diaryl/α,β-unsaturated/α-hetero) is 4. The number of rotatable bonds is 29. The van der Waals surface area contributed by atoms with Gasteiger partial charge in [-0.1, -0.05) is 181 Å². The Morgan fingerprint density at radius 3 is 0.860 bits per heavy atom. The highest BCUT2D eigenvalue weighted by Crippen LogP contribution is 2.30. The summed E-state index contributed by atoms with van der Waals surface area (Å²) in [7, 11) is 8.27. The highest BCUT2D eigenvalue weighted by atomic mass is 35.5. The first kappa shape index (κ1) is 91.0. The number of methoxy groups -OCH3 is 1. The molecule has 0 aliphatic carbocycles. The lowest BCUT2D eigenvalue weighted by Gasteiger charge is -2.16. The van der Waals surface area contributed by atoms with Crippen LogP contribution in [0.5, 0.6) is 5.88 Å². The van der Waals surface area contributed by atoms with Crippen LogP contribution in [0.15, 0.2) is 267 Å². The molecule has 0 atom stereocenters. The molecule has 0 saturated carbocycles. The number of aromatic nitrogens is 4. The molecule has 622 valence electrons. The first-order valence-electron chi connectivity index (χ1n) is 39.6. The summed E-state index contributed by atoms with van der Waals surface area (Å²) in [6.45, 7) is 10.4. The second-order valence-electron chi connectivity index (χ2n) is 27.7. The summed E-state index contributed by atoms with van der Waals surface area (Å²) in [6, 6.07) is 74.9. The van der Waals surface area contributed by atoms with Gasteiger partial charge in [0.2, 0.25) is 11.8 Å². The van der Waals surface area contributed by atoms with Crippen LogP contribution in [0.1, 0.15) is 123 Å². The van der Waals surface area contributed by atoms with Crippen LogP contribution in [-0.2, 0) is 44.6 Å². The van der Waals surface area contributed by atoms with Crippen LogP contribution >= 0.6 is 11.6 Å². The van der Waals surface area contributed by atoms with E-state index in [9.17, 15) is 42.7 Å². The molecule has 23 heteroatoms. The van der Waals surface area contributed by atoms with Gasteiger partial charge in [0.05, 0.1) is 33.5 Å². The van der Waals surface area contributed by atoms with Gasteiger partial charge in [0, 0.05) is 135 Å². The van der Waals surface area contributed by atoms with Crippen molar-refractivity contribution in [1.29, 1.82) is 0 Å². The Kier molecular flexibility index (Phi) is 34.9. The number of carbonyl (C=O) groups is 8. The van der Waals surface area contributed by atoms with Crippen molar-refractivity contribution in [2.24, 2.45) is 0 Å². The lowest BCUT2D eigenvalue weighted by atomic mass is 9.99. The van der Waals surface area contributed by atoms with Crippen LogP contribution in [0.3, 0.4) is 0 Å². The maximum atomic E-state index is 12.9. The van der Waals surface area contributed by atoms with E-state index in [0.717, 1.165) is 95.2 Å². The minimum absolute atomic E-state index is 0.0253. The second kappa shape index (κ2) is 46.3. The highest BCUT2D eigenvalue weighted by Gasteiger charge is 2.19. The van der Waals surface area contributed by atoms with Crippen molar-refractivity contribution < 1.29 is 66.4 Å². The number of amides is 4. The molecule has 121 heavy (non-hydrogen) atoms. The molecule has 0 unspecified atom stereocenters. The minimum Gasteiger partial charge on any atom is -0.481 e. The number of nitrogens with zero attached hydrogens (tertiary/aromatic N) is 8. The third-order valence-corrected chi connectivity index (χ3v) is 19.7. The van der Waals surface area contributed by atoms with E-state index in [1.165, 1.54) is 31.9 Å². The molecule has 0 aliphatic rings. The fraction of sp³-hybridized carbons (Fsp3) is 0.224. The molecular formula is C98H98ClFN8O13. The zero-order valence-electron chi connectivity index (χ0n) is 69.5. The molecule has 12 rings (SSSR count). The van der Waals surface area contributed by atoms with Crippen molar-refractivity contribution in [1.82, 2.24) is 19.9 Å². The van der Waals surface area contributed by atoms with Gasteiger partial charge in [0.15, 0.2) is 23.1 Å². The summed E-state index contributed by atoms with van der Waals surface area (Å²) in [5.74, 6) is 0.335. The maximum absolute atomic E-state index is 12.9. The van der Waals surface area contributed by atoms with Crippen molar-refractivity contribution >= 4 is 81.9 Å². The number of ether oxygens (including phenoxy) is 5. The molecule has 0 saturated heterocycles. The first-order valence-corrected chi connectivity index (χ1v) is 40.0. The van der Waals surface area contributed by atoms with Gasteiger partial charge in [-0.05, 0) is 194 Å². The third-order valence-electron chi connectivity index (χ3n) is 19.5. The zero-order chi connectivity index (χ0) is 86.7. The predicted octanol–water partition coefficient (Wildman–Crippen LogP) is 21.7. The smallest absolute Gasteiger partial charge is 0.413 e. The van der Waals surface area contributed by atoms with E-state index in [2.05, 4.69) is 19.9 Å². The fourth-order valence-corrected chi connectivity index (χ4v) is 12.5. The van der Waals surface area contributed by atoms with E-state index in [1.807, 2.05) is 225 Å². The van der Waals surface area contributed by atoms with Crippen LogP contribution in [0, 0.1) is 12.9 Å². The Morgan fingerprint density at radius 2 is 0.603 bits per heavy atom. The van der Waals surface area contributed by atoms with E-state index < -0.39 is 12.0 Å². The number of pyridine rings is 4. The van der Waals surface area contributed by atoms with Crippen LogP contribution < -0.4 is 24.3 Å². The molecular weight excluding hydrogens is 1550 g/mol. The summed E-state index contributed by atoms with van der Waals surface area (Å²) < 4.78 is 38.1.